The Hall–Kier alpha value is -2.56. The second-order valence-electron chi connectivity index (χ2n) is 5.54. The highest BCUT2D eigenvalue weighted by atomic mass is 16.3. The number of furan rings is 1. The van der Waals surface area contributed by atoms with Gasteiger partial charge in [-0.15, -0.1) is 0 Å². The standard InChI is InChI=1S/C17H18N2O3/c1-12-4-6-14(7-5-12)19-11-13(9-16(19)20)17(21)18-10-15-3-2-8-22-15/h2-8,13H,9-11H2,1H3,(H,18,21). The minimum absolute atomic E-state index is 0.0120. The zero-order chi connectivity index (χ0) is 15.5. The molecule has 0 spiro atoms. The van der Waals surface area contributed by atoms with E-state index in [1.165, 1.54) is 0 Å². The molecule has 0 saturated carbocycles. The van der Waals surface area contributed by atoms with Crippen molar-refractivity contribution in [2.24, 2.45) is 5.92 Å². The van der Waals surface area contributed by atoms with Gasteiger partial charge in [-0.25, -0.2) is 0 Å². The lowest BCUT2D eigenvalue weighted by atomic mass is 10.1. The molecule has 2 heterocycles. The van der Waals surface area contributed by atoms with Crippen molar-refractivity contribution in [2.75, 3.05) is 11.4 Å². The second kappa shape index (κ2) is 6.05. The highest BCUT2D eigenvalue weighted by Crippen LogP contribution is 2.25. The summed E-state index contributed by atoms with van der Waals surface area (Å²) in [5, 5.41) is 2.82. The fraction of sp³-hybridized carbons (Fsp3) is 0.294. The van der Waals surface area contributed by atoms with E-state index in [-0.39, 0.29) is 24.2 Å². The molecule has 5 heteroatoms. The molecule has 2 aromatic rings. The Morgan fingerprint density at radius 3 is 2.77 bits per heavy atom. The van der Waals surface area contributed by atoms with Crippen LogP contribution in [0.1, 0.15) is 17.7 Å². The summed E-state index contributed by atoms with van der Waals surface area (Å²) < 4.78 is 5.18. The van der Waals surface area contributed by atoms with Crippen LogP contribution in [0.2, 0.25) is 0 Å². The van der Waals surface area contributed by atoms with Gasteiger partial charge in [0, 0.05) is 18.7 Å². The van der Waals surface area contributed by atoms with E-state index in [1.54, 1.807) is 23.3 Å². The molecular weight excluding hydrogens is 280 g/mol. The van der Waals surface area contributed by atoms with Gasteiger partial charge >= 0.3 is 0 Å². The Balaban J connectivity index is 1.61. The number of nitrogens with one attached hydrogen (secondary N) is 1. The summed E-state index contributed by atoms with van der Waals surface area (Å²) in [5.41, 5.74) is 1.99. The Labute approximate surface area is 128 Å². The van der Waals surface area contributed by atoms with Crippen LogP contribution in [0, 0.1) is 12.8 Å². The van der Waals surface area contributed by atoms with Crippen LogP contribution in [0.5, 0.6) is 0 Å². The van der Waals surface area contributed by atoms with Gasteiger partial charge in [-0.3, -0.25) is 9.59 Å². The van der Waals surface area contributed by atoms with E-state index in [4.69, 9.17) is 4.42 Å². The number of carbonyl (C=O) groups is 2. The summed E-state index contributed by atoms with van der Waals surface area (Å²) >= 11 is 0. The minimum atomic E-state index is -0.316. The summed E-state index contributed by atoms with van der Waals surface area (Å²) in [6.45, 7) is 2.77. The first-order valence-electron chi connectivity index (χ1n) is 7.30. The molecule has 1 saturated heterocycles. The lowest BCUT2D eigenvalue weighted by Gasteiger charge is -2.16. The molecule has 1 aromatic carbocycles. The van der Waals surface area contributed by atoms with Gasteiger partial charge in [-0.05, 0) is 31.2 Å². The van der Waals surface area contributed by atoms with Crippen LogP contribution in [0.25, 0.3) is 0 Å². The van der Waals surface area contributed by atoms with Crippen LogP contribution in [-0.2, 0) is 16.1 Å². The average molecular weight is 298 g/mol. The normalized spacial score (nSPS) is 17.8. The monoisotopic (exact) mass is 298 g/mol. The van der Waals surface area contributed by atoms with Crippen molar-refractivity contribution in [1.29, 1.82) is 0 Å². The van der Waals surface area contributed by atoms with E-state index >= 15 is 0 Å². The molecule has 1 fully saturated rings. The third-order valence-corrected chi connectivity index (χ3v) is 3.86. The lowest BCUT2D eigenvalue weighted by Crippen LogP contribution is -2.32. The number of hydrogen-bond acceptors (Lipinski definition) is 3. The van der Waals surface area contributed by atoms with Gasteiger partial charge in [-0.1, -0.05) is 17.7 Å². The Morgan fingerprint density at radius 1 is 1.32 bits per heavy atom. The molecule has 1 N–H and O–H groups in total. The quantitative estimate of drug-likeness (QED) is 0.941. The third-order valence-electron chi connectivity index (χ3n) is 3.86. The van der Waals surface area contributed by atoms with E-state index < -0.39 is 0 Å². The number of nitrogens with zero attached hydrogens (tertiary/aromatic N) is 1. The van der Waals surface area contributed by atoms with Crippen molar-refractivity contribution in [1.82, 2.24) is 5.32 Å². The zero-order valence-electron chi connectivity index (χ0n) is 12.4. The smallest absolute Gasteiger partial charge is 0.227 e. The van der Waals surface area contributed by atoms with E-state index in [1.807, 2.05) is 31.2 Å². The van der Waals surface area contributed by atoms with E-state index in [0.29, 0.717) is 18.8 Å². The van der Waals surface area contributed by atoms with Crippen molar-refractivity contribution in [2.45, 2.75) is 19.9 Å². The fourth-order valence-corrected chi connectivity index (χ4v) is 2.59. The fourth-order valence-electron chi connectivity index (χ4n) is 2.59. The van der Waals surface area contributed by atoms with Gasteiger partial charge in [-0.2, -0.15) is 0 Å². The number of hydrogen-bond donors (Lipinski definition) is 1. The molecule has 1 aliphatic rings. The largest absolute Gasteiger partial charge is 0.467 e. The number of anilines is 1. The molecule has 1 unspecified atom stereocenters. The van der Waals surface area contributed by atoms with E-state index in [2.05, 4.69) is 5.32 Å². The van der Waals surface area contributed by atoms with Crippen molar-refractivity contribution < 1.29 is 14.0 Å². The van der Waals surface area contributed by atoms with Gasteiger partial charge < -0.3 is 14.6 Å². The molecule has 1 atom stereocenters. The maximum absolute atomic E-state index is 12.2. The van der Waals surface area contributed by atoms with Gasteiger partial charge in [0.2, 0.25) is 11.8 Å². The number of amides is 2. The zero-order valence-corrected chi connectivity index (χ0v) is 12.4. The molecule has 1 aliphatic heterocycles. The maximum Gasteiger partial charge on any atom is 0.227 e. The Kier molecular flexibility index (Phi) is 3.96. The van der Waals surface area contributed by atoms with E-state index in [9.17, 15) is 9.59 Å². The number of carbonyl (C=O) groups excluding carboxylic acids is 2. The maximum atomic E-state index is 12.2. The summed E-state index contributed by atoms with van der Waals surface area (Å²) in [6, 6.07) is 11.3. The number of rotatable bonds is 4. The van der Waals surface area contributed by atoms with Gasteiger partial charge in [0.25, 0.3) is 0 Å². The molecular formula is C17H18N2O3. The predicted octanol–water partition coefficient (Wildman–Crippen LogP) is 2.26. The van der Waals surface area contributed by atoms with Crippen LogP contribution in [0.3, 0.4) is 0 Å². The molecule has 0 aliphatic carbocycles. The topological polar surface area (TPSA) is 62.6 Å². The second-order valence-corrected chi connectivity index (χ2v) is 5.54. The van der Waals surface area contributed by atoms with E-state index in [0.717, 1.165) is 11.3 Å². The van der Waals surface area contributed by atoms with Crippen LogP contribution in [0.4, 0.5) is 5.69 Å². The minimum Gasteiger partial charge on any atom is -0.467 e. The van der Waals surface area contributed by atoms with Crippen LogP contribution >= 0.6 is 0 Å². The SMILES string of the molecule is Cc1ccc(N2CC(C(=O)NCc3ccco3)CC2=O)cc1. The lowest BCUT2D eigenvalue weighted by molar-refractivity contribution is -0.126. The van der Waals surface area contributed by atoms with Crippen molar-refractivity contribution in [3.63, 3.8) is 0 Å². The molecule has 0 radical (unpaired) electrons. The molecule has 1 aromatic heterocycles. The molecule has 114 valence electrons. The van der Waals surface area contributed by atoms with Gasteiger partial charge in [0.15, 0.2) is 0 Å². The number of benzene rings is 1. The first-order chi connectivity index (χ1) is 10.6. The summed E-state index contributed by atoms with van der Waals surface area (Å²) in [4.78, 5) is 26.0. The van der Waals surface area contributed by atoms with Gasteiger partial charge in [0.1, 0.15) is 5.76 Å². The first-order valence-corrected chi connectivity index (χ1v) is 7.30. The molecule has 22 heavy (non-hydrogen) atoms. The molecule has 2 amide bonds. The predicted molar refractivity (Wildman–Crippen MR) is 82.2 cm³/mol. The van der Waals surface area contributed by atoms with Crippen LogP contribution < -0.4 is 10.2 Å². The summed E-state index contributed by atoms with van der Waals surface area (Å²) in [5.74, 6) is 0.262. The van der Waals surface area contributed by atoms with Gasteiger partial charge in [0.05, 0.1) is 18.7 Å². The average Bonchev–Trinajstić information content (AvgIpc) is 3.15. The summed E-state index contributed by atoms with van der Waals surface area (Å²) in [7, 11) is 0. The number of aryl methyl sites for hydroxylation is 1. The van der Waals surface area contributed by atoms with Crippen molar-refractivity contribution >= 4 is 17.5 Å². The highest BCUT2D eigenvalue weighted by molar-refractivity contribution is 6.00. The Morgan fingerprint density at radius 2 is 2.09 bits per heavy atom. The third kappa shape index (κ3) is 3.03. The van der Waals surface area contributed by atoms with Crippen LogP contribution in [0.15, 0.2) is 47.1 Å². The van der Waals surface area contributed by atoms with Crippen molar-refractivity contribution in [3.05, 3.63) is 54.0 Å². The highest BCUT2D eigenvalue weighted by Gasteiger charge is 2.34. The van der Waals surface area contributed by atoms with Crippen molar-refractivity contribution in [3.8, 4) is 0 Å². The molecule has 3 rings (SSSR count). The van der Waals surface area contributed by atoms with Crippen LogP contribution in [-0.4, -0.2) is 18.4 Å². The summed E-state index contributed by atoms with van der Waals surface area (Å²) in [6.07, 6.45) is 1.82. The molecule has 5 nitrogen and oxygen atoms in total. The Bertz CT molecular complexity index is 662. The first kappa shape index (κ1) is 14.4. The molecule has 0 bridgehead atoms.